The lowest BCUT2D eigenvalue weighted by Gasteiger charge is -2.29. The van der Waals surface area contributed by atoms with E-state index < -0.39 is 0 Å². The van der Waals surface area contributed by atoms with Gasteiger partial charge in [0.25, 0.3) is 0 Å². The van der Waals surface area contributed by atoms with Gasteiger partial charge in [0.15, 0.2) is 0 Å². The first-order chi connectivity index (χ1) is 27.7. The molecule has 0 amide bonds. The van der Waals surface area contributed by atoms with Gasteiger partial charge in [-0.2, -0.15) is 0 Å². The third-order valence-electron chi connectivity index (χ3n) is 11.2. The monoisotopic (exact) mass is 713 g/mol. The Kier molecular flexibility index (Phi) is 7.53. The van der Waals surface area contributed by atoms with Gasteiger partial charge in [-0.1, -0.05) is 158 Å². The fourth-order valence-electron chi connectivity index (χ4n) is 8.49. The molecule has 0 saturated heterocycles. The first kappa shape index (κ1) is 32.0. The van der Waals surface area contributed by atoms with Gasteiger partial charge in [-0.25, -0.2) is 0 Å². The number of furan rings is 1. The molecule has 0 atom stereocenters. The highest BCUT2D eigenvalue weighted by molar-refractivity contribution is 6.17. The van der Waals surface area contributed by atoms with E-state index in [1.165, 1.54) is 54.6 Å². The number of hydrogen-bond donors (Lipinski definition) is 0. The van der Waals surface area contributed by atoms with Gasteiger partial charge >= 0.3 is 0 Å². The van der Waals surface area contributed by atoms with Gasteiger partial charge in [0.05, 0.1) is 11.4 Å². The average Bonchev–Trinajstić information content (AvgIpc) is 3.63. The molecule has 10 aromatic carbocycles. The fourth-order valence-corrected chi connectivity index (χ4v) is 8.49. The molecule has 2 heteroatoms. The van der Waals surface area contributed by atoms with E-state index in [1.54, 1.807) is 0 Å². The summed E-state index contributed by atoms with van der Waals surface area (Å²) in [6.45, 7) is 0. The number of hydrogen-bond acceptors (Lipinski definition) is 2. The fraction of sp³-hybridized carbons (Fsp3) is 0. The molecule has 0 aliphatic carbocycles. The van der Waals surface area contributed by atoms with E-state index in [9.17, 15) is 0 Å². The van der Waals surface area contributed by atoms with Crippen molar-refractivity contribution in [1.29, 1.82) is 0 Å². The standard InChI is InChI=1S/C54H35NO/c1-2-14-39-33-44(27-26-36(39)12-1)41-19-9-18-40(32-41)37-28-30-45(31-29-37)55(50-24-10-17-38-13-5-6-20-46(38)50)51-23-8-7-21-47(51)48-22-11-25-52-54(48)49-34-42-15-3-4-16-43(42)35-53(49)56-52/h1-35H. The van der Waals surface area contributed by atoms with Crippen molar-refractivity contribution in [2.45, 2.75) is 0 Å². The van der Waals surface area contributed by atoms with Crippen LogP contribution in [0.15, 0.2) is 217 Å². The van der Waals surface area contributed by atoms with Crippen molar-refractivity contribution in [3.8, 4) is 33.4 Å². The number of fused-ring (bicyclic) bond motifs is 6. The Hall–Kier alpha value is -7.42. The minimum absolute atomic E-state index is 0.884. The van der Waals surface area contributed by atoms with Gasteiger partial charge in [0.1, 0.15) is 11.2 Å². The third kappa shape index (κ3) is 5.42. The maximum absolute atomic E-state index is 6.55. The van der Waals surface area contributed by atoms with Gasteiger partial charge in [-0.3, -0.25) is 0 Å². The summed E-state index contributed by atoms with van der Waals surface area (Å²) in [6.07, 6.45) is 0. The Morgan fingerprint density at radius 2 is 0.875 bits per heavy atom. The highest BCUT2D eigenvalue weighted by Crippen LogP contribution is 2.47. The highest BCUT2D eigenvalue weighted by Gasteiger charge is 2.22. The minimum Gasteiger partial charge on any atom is -0.456 e. The molecule has 0 aliphatic rings. The highest BCUT2D eigenvalue weighted by atomic mass is 16.3. The van der Waals surface area contributed by atoms with Crippen molar-refractivity contribution >= 4 is 71.3 Å². The van der Waals surface area contributed by atoms with Crippen molar-refractivity contribution in [1.82, 2.24) is 0 Å². The van der Waals surface area contributed by atoms with E-state index in [4.69, 9.17) is 4.42 Å². The molecule has 0 bridgehead atoms. The molecule has 0 saturated carbocycles. The van der Waals surface area contributed by atoms with Crippen molar-refractivity contribution in [2.75, 3.05) is 4.90 Å². The molecule has 0 fully saturated rings. The van der Waals surface area contributed by atoms with Crippen LogP contribution >= 0.6 is 0 Å². The van der Waals surface area contributed by atoms with Crippen LogP contribution in [0.2, 0.25) is 0 Å². The van der Waals surface area contributed by atoms with Crippen LogP contribution in [0.3, 0.4) is 0 Å². The van der Waals surface area contributed by atoms with Gasteiger partial charge < -0.3 is 9.32 Å². The van der Waals surface area contributed by atoms with Crippen molar-refractivity contribution < 1.29 is 4.42 Å². The maximum atomic E-state index is 6.55. The van der Waals surface area contributed by atoms with E-state index in [-0.39, 0.29) is 0 Å². The smallest absolute Gasteiger partial charge is 0.136 e. The van der Waals surface area contributed by atoms with Crippen LogP contribution in [0.5, 0.6) is 0 Å². The van der Waals surface area contributed by atoms with Crippen LogP contribution in [-0.2, 0) is 0 Å². The molecule has 56 heavy (non-hydrogen) atoms. The molecular weight excluding hydrogens is 679 g/mol. The zero-order valence-electron chi connectivity index (χ0n) is 30.6. The van der Waals surface area contributed by atoms with E-state index in [0.717, 1.165) is 50.1 Å². The largest absolute Gasteiger partial charge is 0.456 e. The Morgan fingerprint density at radius 1 is 0.304 bits per heavy atom. The summed E-state index contributed by atoms with van der Waals surface area (Å²) in [5.41, 5.74) is 12.1. The Labute approximate surface area is 325 Å². The van der Waals surface area contributed by atoms with Crippen molar-refractivity contribution in [2.24, 2.45) is 0 Å². The molecule has 0 radical (unpaired) electrons. The topological polar surface area (TPSA) is 16.4 Å². The maximum Gasteiger partial charge on any atom is 0.136 e. The van der Waals surface area contributed by atoms with Gasteiger partial charge in [-0.05, 0) is 109 Å². The van der Waals surface area contributed by atoms with E-state index in [1.807, 2.05) is 0 Å². The summed E-state index contributed by atoms with van der Waals surface area (Å²) in [6, 6.07) is 76.6. The summed E-state index contributed by atoms with van der Waals surface area (Å²) in [5, 5.41) is 9.51. The second-order valence-electron chi connectivity index (χ2n) is 14.5. The summed E-state index contributed by atoms with van der Waals surface area (Å²) >= 11 is 0. The van der Waals surface area contributed by atoms with Crippen molar-refractivity contribution in [3.63, 3.8) is 0 Å². The third-order valence-corrected chi connectivity index (χ3v) is 11.2. The van der Waals surface area contributed by atoms with Gasteiger partial charge in [0, 0.05) is 27.4 Å². The Bertz CT molecular complexity index is 3260. The molecule has 262 valence electrons. The minimum atomic E-state index is 0.884. The van der Waals surface area contributed by atoms with E-state index in [2.05, 4.69) is 217 Å². The average molecular weight is 714 g/mol. The Morgan fingerprint density at radius 3 is 1.71 bits per heavy atom. The van der Waals surface area contributed by atoms with Crippen molar-refractivity contribution in [3.05, 3.63) is 212 Å². The number of para-hydroxylation sites is 1. The molecule has 0 aliphatic heterocycles. The summed E-state index contributed by atoms with van der Waals surface area (Å²) < 4.78 is 6.55. The lowest BCUT2D eigenvalue weighted by atomic mass is 9.95. The summed E-state index contributed by atoms with van der Waals surface area (Å²) in [4.78, 5) is 2.42. The van der Waals surface area contributed by atoms with Crippen LogP contribution in [0.1, 0.15) is 0 Å². The first-order valence-corrected chi connectivity index (χ1v) is 19.2. The van der Waals surface area contributed by atoms with Gasteiger partial charge in [0.2, 0.25) is 0 Å². The molecular formula is C54H35NO. The van der Waals surface area contributed by atoms with Crippen LogP contribution < -0.4 is 4.90 Å². The predicted molar refractivity (Wildman–Crippen MR) is 237 cm³/mol. The zero-order chi connectivity index (χ0) is 37.0. The zero-order valence-corrected chi connectivity index (χ0v) is 30.6. The molecule has 1 aromatic heterocycles. The molecule has 0 N–H and O–H groups in total. The number of benzene rings is 10. The molecule has 11 aromatic rings. The molecule has 11 rings (SSSR count). The second kappa shape index (κ2) is 13.2. The van der Waals surface area contributed by atoms with Crippen LogP contribution in [0.4, 0.5) is 17.1 Å². The normalized spacial score (nSPS) is 11.6. The van der Waals surface area contributed by atoms with Crippen LogP contribution in [0, 0.1) is 0 Å². The summed E-state index contributed by atoms with van der Waals surface area (Å²) in [5.74, 6) is 0. The lowest BCUT2D eigenvalue weighted by molar-refractivity contribution is 0.669. The second-order valence-corrected chi connectivity index (χ2v) is 14.5. The van der Waals surface area contributed by atoms with Crippen LogP contribution in [-0.4, -0.2) is 0 Å². The molecule has 0 spiro atoms. The quantitative estimate of drug-likeness (QED) is 0.171. The van der Waals surface area contributed by atoms with Gasteiger partial charge in [-0.15, -0.1) is 0 Å². The van der Waals surface area contributed by atoms with E-state index in [0.29, 0.717) is 0 Å². The lowest BCUT2D eigenvalue weighted by Crippen LogP contribution is -2.11. The number of nitrogens with zero attached hydrogens (tertiary/aromatic N) is 1. The van der Waals surface area contributed by atoms with Crippen LogP contribution in [0.25, 0.3) is 87.6 Å². The molecule has 0 unspecified atom stereocenters. The number of anilines is 3. The Balaban J connectivity index is 1.07. The SMILES string of the molecule is c1cc(-c2ccc(N(c3ccccc3-c3cccc4oc5cc6ccccc6cc5c34)c3cccc4ccccc34)cc2)cc(-c2ccc3ccccc3c2)c1. The molecule has 2 nitrogen and oxygen atoms in total. The van der Waals surface area contributed by atoms with E-state index >= 15 is 0 Å². The molecule has 1 heterocycles. The summed E-state index contributed by atoms with van der Waals surface area (Å²) in [7, 11) is 0. The number of rotatable bonds is 6. The predicted octanol–water partition coefficient (Wildman–Crippen LogP) is 15.5. The first-order valence-electron chi connectivity index (χ1n) is 19.2.